The van der Waals surface area contributed by atoms with Gasteiger partial charge in [0.15, 0.2) is 11.6 Å². The second-order valence-electron chi connectivity index (χ2n) is 4.38. The summed E-state index contributed by atoms with van der Waals surface area (Å²) in [4.78, 5) is 1.10. The maximum atomic E-state index is 6.02. The molecule has 3 nitrogen and oxygen atoms in total. The molecule has 0 spiro atoms. The summed E-state index contributed by atoms with van der Waals surface area (Å²) in [5, 5.41) is 6.02. The lowest BCUT2D eigenvalue weighted by Gasteiger charge is -2.05. The van der Waals surface area contributed by atoms with Gasteiger partial charge in [0.25, 0.3) is 0 Å². The second-order valence-corrected chi connectivity index (χ2v) is 6.15. The van der Waals surface area contributed by atoms with Crippen LogP contribution in [0.25, 0.3) is 21.8 Å². The summed E-state index contributed by atoms with van der Waals surface area (Å²) in [6.07, 6.45) is 0.953. The van der Waals surface area contributed by atoms with Crippen molar-refractivity contribution in [3.8, 4) is 21.8 Å². The van der Waals surface area contributed by atoms with Crippen LogP contribution >= 0.6 is 27.3 Å². The molecule has 5 heteroatoms. The fourth-order valence-corrected chi connectivity index (χ4v) is 3.66. The lowest BCUT2D eigenvalue weighted by molar-refractivity contribution is 0.436. The Balaban J connectivity index is 2.23. The molecule has 0 saturated heterocycles. The van der Waals surface area contributed by atoms with Gasteiger partial charge in [-0.25, -0.2) is 0 Å². The first-order chi connectivity index (χ1) is 9.72. The van der Waals surface area contributed by atoms with Gasteiger partial charge in [0.2, 0.25) is 0 Å². The third kappa shape index (κ3) is 2.17. The molecule has 0 aliphatic rings. The molecule has 3 rings (SSSR count). The molecule has 0 bridgehead atoms. The van der Waals surface area contributed by atoms with E-state index in [4.69, 9.17) is 10.3 Å². The van der Waals surface area contributed by atoms with E-state index < -0.39 is 0 Å². The monoisotopic (exact) mass is 348 g/mol. The molecule has 2 heterocycles. The average molecular weight is 349 g/mol. The minimum absolute atomic E-state index is 0.419. The van der Waals surface area contributed by atoms with Crippen LogP contribution in [-0.4, -0.2) is 5.16 Å². The van der Waals surface area contributed by atoms with Gasteiger partial charge in [0.05, 0.1) is 10.4 Å². The molecular formula is C15H13BrN2OS. The highest BCUT2D eigenvalue weighted by Crippen LogP contribution is 2.42. The van der Waals surface area contributed by atoms with Gasteiger partial charge in [-0.3, -0.25) is 0 Å². The number of nitrogens with zero attached hydrogens (tertiary/aromatic N) is 1. The molecule has 0 atom stereocenters. The summed E-state index contributed by atoms with van der Waals surface area (Å²) in [6, 6.07) is 10.1. The molecular weight excluding hydrogens is 336 g/mol. The highest BCUT2D eigenvalue weighted by Gasteiger charge is 2.21. The summed E-state index contributed by atoms with van der Waals surface area (Å²) < 4.78 is 6.48. The van der Waals surface area contributed by atoms with Gasteiger partial charge in [0, 0.05) is 10.0 Å². The van der Waals surface area contributed by atoms with Crippen LogP contribution in [0.3, 0.4) is 0 Å². The number of benzene rings is 1. The molecule has 0 aliphatic carbocycles. The molecule has 0 saturated carbocycles. The van der Waals surface area contributed by atoms with Crippen molar-refractivity contribution in [3.05, 3.63) is 45.7 Å². The molecule has 0 amide bonds. The number of nitrogens with two attached hydrogens (primary N) is 1. The van der Waals surface area contributed by atoms with Crippen LogP contribution < -0.4 is 5.73 Å². The number of halogens is 1. The summed E-state index contributed by atoms with van der Waals surface area (Å²) in [7, 11) is 0. The standard InChI is InChI=1S/C15H13BrN2OS/c1-2-9-7-8-20-14(9)13-12(15(17)18-19-13)10-5-3-4-6-11(10)16/h3-8H,2H2,1H3,(H2,17,18). The predicted octanol–water partition coefficient (Wildman–Crippen LogP) is 4.98. The Hall–Kier alpha value is -1.59. The molecule has 2 N–H and O–H groups in total. The van der Waals surface area contributed by atoms with Crippen LogP contribution in [0, 0.1) is 0 Å². The van der Waals surface area contributed by atoms with Gasteiger partial charge < -0.3 is 10.3 Å². The third-order valence-electron chi connectivity index (χ3n) is 3.20. The molecule has 102 valence electrons. The number of hydrogen-bond acceptors (Lipinski definition) is 4. The van der Waals surface area contributed by atoms with Gasteiger partial charge in [0.1, 0.15) is 0 Å². The highest BCUT2D eigenvalue weighted by molar-refractivity contribution is 9.10. The first-order valence-corrected chi connectivity index (χ1v) is 7.96. The molecule has 3 aromatic rings. The van der Waals surface area contributed by atoms with Gasteiger partial charge in [-0.1, -0.05) is 46.2 Å². The molecule has 0 aliphatic heterocycles. The number of rotatable bonds is 3. The van der Waals surface area contributed by atoms with Crippen LogP contribution in [0.15, 0.2) is 44.7 Å². The second kappa shape index (κ2) is 5.42. The average Bonchev–Trinajstić information content (AvgIpc) is 3.05. The van der Waals surface area contributed by atoms with Crippen LogP contribution in [0.4, 0.5) is 5.82 Å². The van der Waals surface area contributed by atoms with Gasteiger partial charge >= 0.3 is 0 Å². The number of nitrogen functional groups attached to an aromatic ring is 1. The molecule has 0 radical (unpaired) electrons. The van der Waals surface area contributed by atoms with E-state index in [1.54, 1.807) is 11.3 Å². The van der Waals surface area contributed by atoms with Crippen LogP contribution in [0.1, 0.15) is 12.5 Å². The molecule has 2 aromatic heterocycles. The van der Waals surface area contributed by atoms with Crippen molar-refractivity contribution in [2.24, 2.45) is 0 Å². The third-order valence-corrected chi connectivity index (χ3v) is 4.84. The Labute approximate surface area is 129 Å². The van der Waals surface area contributed by atoms with Crippen molar-refractivity contribution < 1.29 is 4.52 Å². The van der Waals surface area contributed by atoms with E-state index in [9.17, 15) is 0 Å². The number of aromatic nitrogens is 1. The van der Waals surface area contributed by atoms with Crippen LogP contribution in [-0.2, 0) is 6.42 Å². The van der Waals surface area contributed by atoms with Crippen molar-refractivity contribution in [2.45, 2.75) is 13.3 Å². The normalized spacial score (nSPS) is 10.9. The largest absolute Gasteiger partial charge is 0.380 e. The van der Waals surface area contributed by atoms with Crippen molar-refractivity contribution in [2.75, 3.05) is 5.73 Å². The first-order valence-electron chi connectivity index (χ1n) is 6.29. The summed E-state index contributed by atoms with van der Waals surface area (Å²) in [5.74, 6) is 1.17. The summed E-state index contributed by atoms with van der Waals surface area (Å²) in [6.45, 7) is 2.13. The number of aryl methyl sites for hydroxylation is 1. The maximum absolute atomic E-state index is 6.02. The number of hydrogen-bond donors (Lipinski definition) is 1. The van der Waals surface area contributed by atoms with E-state index >= 15 is 0 Å². The molecule has 1 aromatic carbocycles. The van der Waals surface area contributed by atoms with E-state index in [0.29, 0.717) is 5.82 Å². The minimum atomic E-state index is 0.419. The van der Waals surface area contributed by atoms with E-state index in [-0.39, 0.29) is 0 Å². The summed E-state index contributed by atoms with van der Waals surface area (Å²) in [5.41, 5.74) is 9.12. The fraction of sp³-hybridized carbons (Fsp3) is 0.133. The van der Waals surface area contributed by atoms with E-state index in [2.05, 4.69) is 39.5 Å². The van der Waals surface area contributed by atoms with Crippen molar-refractivity contribution in [1.82, 2.24) is 5.16 Å². The highest BCUT2D eigenvalue weighted by atomic mass is 79.9. The van der Waals surface area contributed by atoms with Crippen LogP contribution in [0.5, 0.6) is 0 Å². The Morgan fingerprint density at radius 3 is 2.85 bits per heavy atom. The summed E-state index contributed by atoms with van der Waals surface area (Å²) >= 11 is 5.21. The van der Waals surface area contributed by atoms with Crippen molar-refractivity contribution in [1.29, 1.82) is 0 Å². The first kappa shape index (κ1) is 13.4. The minimum Gasteiger partial charge on any atom is -0.380 e. The SMILES string of the molecule is CCc1ccsc1-c1onc(N)c1-c1ccccc1Br. The number of thiophene rings is 1. The Morgan fingerprint density at radius 2 is 2.10 bits per heavy atom. The fourth-order valence-electron chi connectivity index (χ4n) is 2.19. The zero-order chi connectivity index (χ0) is 14.1. The van der Waals surface area contributed by atoms with E-state index in [0.717, 1.165) is 32.7 Å². The quantitative estimate of drug-likeness (QED) is 0.726. The number of anilines is 1. The van der Waals surface area contributed by atoms with E-state index in [1.807, 2.05) is 24.3 Å². The van der Waals surface area contributed by atoms with Gasteiger partial charge in [-0.15, -0.1) is 11.3 Å². The Bertz CT molecular complexity index is 748. The van der Waals surface area contributed by atoms with Crippen molar-refractivity contribution >= 4 is 33.1 Å². The van der Waals surface area contributed by atoms with Gasteiger partial charge in [-0.05, 0) is 29.5 Å². The molecule has 0 unspecified atom stereocenters. The molecule has 0 fully saturated rings. The van der Waals surface area contributed by atoms with E-state index in [1.165, 1.54) is 5.56 Å². The molecule has 20 heavy (non-hydrogen) atoms. The zero-order valence-electron chi connectivity index (χ0n) is 10.9. The van der Waals surface area contributed by atoms with Crippen molar-refractivity contribution in [3.63, 3.8) is 0 Å². The van der Waals surface area contributed by atoms with Crippen LogP contribution in [0.2, 0.25) is 0 Å². The maximum Gasteiger partial charge on any atom is 0.187 e. The lowest BCUT2D eigenvalue weighted by atomic mass is 10.0. The van der Waals surface area contributed by atoms with Gasteiger partial charge in [-0.2, -0.15) is 0 Å². The topological polar surface area (TPSA) is 52.0 Å². The Morgan fingerprint density at radius 1 is 1.30 bits per heavy atom. The smallest absolute Gasteiger partial charge is 0.187 e. The lowest BCUT2D eigenvalue weighted by Crippen LogP contribution is -1.90. The Kier molecular flexibility index (Phi) is 3.63. The zero-order valence-corrected chi connectivity index (χ0v) is 13.3. The predicted molar refractivity (Wildman–Crippen MR) is 86.7 cm³/mol.